The molecule has 1 saturated carbocycles. The van der Waals surface area contributed by atoms with Crippen LogP contribution in [0.2, 0.25) is 0 Å². The van der Waals surface area contributed by atoms with Crippen LogP contribution in [-0.4, -0.2) is 67.4 Å². The van der Waals surface area contributed by atoms with Crippen molar-refractivity contribution in [1.29, 1.82) is 0 Å². The van der Waals surface area contributed by atoms with E-state index in [2.05, 4.69) is 15.3 Å². The van der Waals surface area contributed by atoms with E-state index in [1.165, 1.54) is 0 Å². The van der Waals surface area contributed by atoms with Crippen molar-refractivity contribution in [3.05, 3.63) is 30.7 Å². The van der Waals surface area contributed by atoms with Gasteiger partial charge < -0.3 is 15.1 Å². The van der Waals surface area contributed by atoms with Crippen molar-refractivity contribution < 1.29 is 10.2 Å². The van der Waals surface area contributed by atoms with Crippen LogP contribution in [0.15, 0.2) is 30.7 Å². The normalized spacial score (nSPS) is 25.0. The summed E-state index contributed by atoms with van der Waals surface area (Å²) in [7, 11) is 3.83. The fourth-order valence-electron chi connectivity index (χ4n) is 3.07. The van der Waals surface area contributed by atoms with Crippen molar-refractivity contribution >= 4 is 37.2 Å². The van der Waals surface area contributed by atoms with Crippen LogP contribution in [-0.2, 0) is 6.54 Å². The second-order valence-corrected chi connectivity index (χ2v) is 6.08. The summed E-state index contributed by atoms with van der Waals surface area (Å²) < 4.78 is 1.72. The molecule has 2 heterocycles. The minimum atomic E-state index is -0.738. The smallest absolute Gasteiger partial charge is 0.114 e. The maximum Gasteiger partial charge on any atom is 0.114 e. The molecule has 0 spiro atoms. The largest absolute Gasteiger partial charge is 0.390 e. The standard InChI is InChI=1S/C15H21N5O2.3ClH/c1-19(2)13-6-11(14(21)15(13)22)8-20-9-12(17-18-20)10-4-3-5-16-7-10;;;/h3-5,7,9,11,13-15,21-22H,6,8H2,1-2H3;3*1H/t11-,13-,14-,15+;;;/m1.../s1. The maximum absolute atomic E-state index is 10.2. The number of hydrogen-bond acceptors (Lipinski definition) is 6. The van der Waals surface area contributed by atoms with Crippen molar-refractivity contribution in [2.75, 3.05) is 14.1 Å². The van der Waals surface area contributed by atoms with E-state index in [0.29, 0.717) is 6.54 Å². The molecule has 0 radical (unpaired) electrons. The van der Waals surface area contributed by atoms with Gasteiger partial charge in [0.15, 0.2) is 0 Å². The Morgan fingerprint density at radius 3 is 2.48 bits per heavy atom. The number of aliphatic hydroxyl groups is 2. The van der Waals surface area contributed by atoms with E-state index < -0.39 is 12.2 Å². The third-order valence-electron chi connectivity index (χ3n) is 4.35. The highest BCUT2D eigenvalue weighted by atomic mass is 35.5. The molecule has 0 bridgehead atoms. The molecule has 4 atom stereocenters. The van der Waals surface area contributed by atoms with Crippen molar-refractivity contribution in [2.45, 2.75) is 31.2 Å². The van der Waals surface area contributed by atoms with E-state index in [0.717, 1.165) is 17.7 Å². The Balaban J connectivity index is 0.00000192. The average Bonchev–Trinajstić information content (AvgIpc) is 3.09. The number of nitrogens with zero attached hydrogens (tertiary/aromatic N) is 5. The van der Waals surface area contributed by atoms with Crippen molar-refractivity contribution in [3.63, 3.8) is 0 Å². The minimum Gasteiger partial charge on any atom is -0.390 e. The predicted molar refractivity (Wildman–Crippen MR) is 103 cm³/mol. The lowest BCUT2D eigenvalue weighted by molar-refractivity contribution is -0.00569. The van der Waals surface area contributed by atoms with Gasteiger partial charge >= 0.3 is 0 Å². The first kappa shape index (κ1) is 24.0. The molecule has 25 heavy (non-hydrogen) atoms. The van der Waals surface area contributed by atoms with Crippen LogP contribution in [0.5, 0.6) is 0 Å². The van der Waals surface area contributed by atoms with Gasteiger partial charge in [0, 0.05) is 36.5 Å². The fourth-order valence-corrected chi connectivity index (χ4v) is 3.07. The number of likely N-dealkylation sites (N-methyl/N-ethyl adjacent to an activating group) is 1. The molecule has 1 aliphatic carbocycles. The number of pyridine rings is 1. The van der Waals surface area contributed by atoms with Crippen LogP contribution in [0.3, 0.4) is 0 Å². The minimum absolute atomic E-state index is 0. The lowest BCUT2D eigenvalue weighted by Crippen LogP contribution is -2.39. The van der Waals surface area contributed by atoms with E-state index in [1.54, 1.807) is 17.1 Å². The van der Waals surface area contributed by atoms with Crippen LogP contribution in [0.4, 0.5) is 0 Å². The molecule has 0 saturated heterocycles. The molecule has 10 heteroatoms. The van der Waals surface area contributed by atoms with Crippen LogP contribution in [0.25, 0.3) is 11.3 Å². The zero-order chi connectivity index (χ0) is 15.7. The van der Waals surface area contributed by atoms with Crippen molar-refractivity contribution in [1.82, 2.24) is 24.9 Å². The summed E-state index contributed by atoms with van der Waals surface area (Å²) >= 11 is 0. The SMILES string of the molecule is CN(C)[C@@H]1C[C@H](Cn2cc(-c3cccnc3)nn2)[C@@H](O)[C@H]1O.Cl.Cl.Cl. The van der Waals surface area contributed by atoms with E-state index in [9.17, 15) is 10.2 Å². The Kier molecular flexibility index (Phi) is 9.86. The molecule has 0 amide bonds. The number of rotatable bonds is 4. The molecule has 0 aromatic carbocycles. The van der Waals surface area contributed by atoms with Crippen LogP contribution in [0.1, 0.15) is 6.42 Å². The maximum atomic E-state index is 10.2. The van der Waals surface area contributed by atoms with Gasteiger partial charge in [-0.2, -0.15) is 0 Å². The van der Waals surface area contributed by atoms with Gasteiger partial charge in [-0.3, -0.25) is 9.67 Å². The zero-order valence-corrected chi connectivity index (χ0v) is 16.4. The van der Waals surface area contributed by atoms with Gasteiger partial charge in [0.2, 0.25) is 0 Å². The van der Waals surface area contributed by atoms with Crippen molar-refractivity contribution in [2.24, 2.45) is 5.92 Å². The monoisotopic (exact) mass is 411 g/mol. The van der Waals surface area contributed by atoms with Crippen LogP contribution in [0, 0.1) is 5.92 Å². The molecule has 2 aromatic heterocycles. The topological polar surface area (TPSA) is 87.3 Å². The third kappa shape index (κ3) is 5.26. The highest BCUT2D eigenvalue weighted by molar-refractivity contribution is 5.86. The van der Waals surface area contributed by atoms with Gasteiger partial charge in [0.1, 0.15) is 5.69 Å². The Bertz CT molecular complexity index is 629. The summed E-state index contributed by atoms with van der Waals surface area (Å²) in [6.07, 6.45) is 4.58. The van der Waals surface area contributed by atoms with Gasteiger partial charge in [-0.1, -0.05) is 5.21 Å². The van der Waals surface area contributed by atoms with E-state index in [-0.39, 0.29) is 49.2 Å². The molecule has 1 fully saturated rings. The number of aliphatic hydroxyl groups excluding tert-OH is 2. The van der Waals surface area contributed by atoms with Gasteiger partial charge in [-0.05, 0) is 32.6 Å². The first-order chi connectivity index (χ1) is 10.6. The third-order valence-corrected chi connectivity index (χ3v) is 4.35. The van der Waals surface area contributed by atoms with Gasteiger partial charge in [-0.15, -0.1) is 42.3 Å². The molecule has 142 valence electrons. The van der Waals surface area contributed by atoms with Crippen LogP contribution < -0.4 is 0 Å². The summed E-state index contributed by atoms with van der Waals surface area (Å²) in [5, 5.41) is 28.6. The number of aromatic nitrogens is 4. The lowest BCUT2D eigenvalue weighted by atomic mass is 10.1. The molecule has 0 unspecified atom stereocenters. The molecule has 3 rings (SSSR count). The molecule has 1 aliphatic rings. The average molecular weight is 413 g/mol. The molecule has 7 nitrogen and oxygen atoms in total. The Morgan fingerprint density at radius 2 is 1.92 bits per heavy atom. The number of halogens is 3. The molecular weight excluding hydrogens is 389 g/mol. The second kappa shape index (κ2) is 10.3. The summed E-state index contributed by atoms with van der Waals surface area (Å²) in [6.45, 7) is 0.538. The lowest BCUT2D eigenvalue weighted by Gasteiger charge is -2.22. The first-order valence-electron chi connectivity index (χ1n) is 7.39. The second-order valence-electron chi connectivity index (χ2n) is 6.08. The summed E-state index contributed by atoms with van der Waals surface area (Å²) in [5.41, 5.74) is 1.66. The molecule has 2 aromatic rings. The Labute approximate surface area is 165 Å². The summed E-state index contributed by atoms with van der Waals surface area (Å²) in [4.78, 5) is 6.02. The first-order valence-corrected chi connectivity index (χ1v) is 7.39. The zero-order valence-electron chi connectivity index (χ0n) is 14.0. The predicted octanol–water partition coefficient (Wildman–Crippen LogP) is 1.28. The fraction of sp³-hybridized carbons (Fsp3) is 0.533. The van der Waals surface area contributed by atoms with Crippen molar-refractivity contribution in [3.8, 4) is 11.3 Å². The highest BCUT2D eigenvalue weighted by Crippen LogP contribution is 2.30. The van der Waals surface area contributed by atoms with E-state index in [4.69, 9.17) is 0 Å². The van der Waals surface area contributed by atoms with Gasteiger partial charge in [0.05, 0.1) is 18.4 Å². The summed E-state index contributed by atoms with van der Waals surface area (Å²) in [5.74, 6) is -0.0363. The number of hydrogen-bond donors (Lipinski definition) is 2. The molecule has 2 N–H and O–H groups in total. The van der Waals surface area contributed by atoms with Crippen LogP contribution >= 0.6 is 37.2 Å². The molecular formula is C15H24Cl3N5O2. The van der Waals surface area contributed by atoms with E-state index >= 15 is 0 Å². The van der Waals surface area contributed by atoms with Gasteiger partial charge in [-0.25, -0.2) is 0 Å². The van der Waals surface area contributed by atoms with E-state index in [1.807, 2.05) is 37.3 Å². The quantitative estimate of drug-likeness (QED) is 0.786. The Morgan fingerprint density at radius 1 is 1.20 bits per heavy atom. The molecule has 0 aliphatic heterocycles. The summed E-state index contributed by atoms with van der Waals surface area (Å²) in [6, 6.07) is 3.76. The van der Waals surface area contributed by atoms with Gasteiger partial charge in [0.25, 0.3) is 0 Å². The Hall–Kier alpha value is -0.960. The highest BCUT2D eigenvalue weighted by Gasteiger charge is 2.42.